The van der Waals surface area contributed by atoms with Crippen LogP contribution in [0.3, 0.4) is 0 Å². The molecule has 1 N–H and O–H groups in total. The van der Waals surface area contributed by atoms with Gasteiger partial charge in [-0.15, -0.1) is 0 Å². The van der Waals surface area contributed by atoms with Crippen LogP contribution in [0.15, 0.2) is 23.8 Å². The lowest BCUT2D eigenvalue weighted by atomic mass is 9.94. The Bertz CT molecular complexity index is 311. The van der Waals surface area contributed by atoms with Crippen LogP contribution < -0.4 is 0 Å². The van der Waals surface area contributed by atoms with Crippen molar-refractivity contribution in [2.75, 3.05) is 13.2 Å². The van der Waals surface area contributed by atoms with Crippen LogP contribution in [-0.2, 0) is 14.3 Å². The third-order valence-electron chi connectivity index (χ3n) is 2.72. The zero-order valence-electron chi connectivity index (χ0n) is 8.44. The molecule has 0 amide bonds. The third-order valence-corrected chi connectivity index (χ3v) is 2.72. The van der Waals surface area contributed by atoms with Gasteiger partial charge in [0.1, 0.15) is 0 Å². The molecule has 0 aromatic rings. The van der Waals surface area contributed by atoms with Gasteiger partial charge >= 0.3 is 5.97 Å². The fourth-order valence-electron chi connectivity index (χ4n) is 1.91. The molecule has 4 nitrogen and oxygen atoms in total. The van der Waals surface area contributed by atoms with Gasteiger partial charge in [0.15, 0.2) is 5.79 Å². The van der Waals surface area contributed by atoms with Crippen LogP contribution >= 0.6 is 0 Å². The minimum atomic E-state index is -0.912. The fourth-order valence-corrected chi connectivity index (χ4v) is 1.91. The molecule has 0 saturated carbocycles. The molecule has 1 aliphatic carbocycles. The van der Waals surface area contributed by atoms with Gasteiger partial charge in [-0.05, 0) is 6.42 Å². The minimum absolute atomic E-state index is 0.416. The van der Waals surface area contributed by atoms with Crippen molar-refractivity contribution in [2.24, 2.45) is 0 Å². The first-order valence-electron chi connectivity index (χ1n) is 5.08. The van der Waals surface area contributed by atoms with E-state index in [0.29, 0.717) is 19.6 Å². The summed E-state index contributed by atoms with van der Waals surface area (Å²) in [5, 5.41) is 8.49. The lowest BCUT2D eigenvalue weighted by Gasteiger charge is -2.29. The molecule has 82 valence electrons. The Kier molecular flexibility index (Phi) is 2.88. The summed E-state index contributed by atoms with van der Waals surface area (Å²) >= 11 is 0. The van der Waals surface area contributed by atoms with E-state index in [-0.39, 0.29) is 0 Å². The van der Waals surface area contributed by atoms with Gasteiger partial charge in [0, 0.05) is 18.9 Å². The van der Waals surface area contributed by atoms with Gasteiger partial charge in [-0.1, -0.05) is 17.7 Å². The zero-order valence-corrected chi connectivity index (χ0v) is 8.44. The highest BCUT2D eigenvalue weighted by molar-refractivity contribution is 5.80. The number of hydrogen-bond acceptors (Lipinski definition) is 3. The number of ether oxygens (including phenoxy) is 2. The van der Waals surface area contributed by atoms with Gasteiger partial charge in [-0.3, -0.25) is 0 Å². The number of carbonyl (C=O) groups is 1. The lowest BCUT2D eigenvalue weighted by molar-refractivity contribution is -0.161. The van der Waals surface area contributed by atoms with Gasteiger partial charge in [-0.25, -0.2) is 4.79 Å². The molecule has 0 unspecified atom stereocenters. The van der Waals surface area contributed by atoms with E-state index in [1.54, 1.807) is 6.08 Å². The maximum absolute atomic E-state index is 10.3. The number of carboxylic acid groups (broad SMARTS) is 1. The number of carboxylic acids is 1. The van der Waals surface area contributed by atoms with Crippen LogP contribution in [-0.4, -0.2) is 30.1 Å². The first-order valence-corrected chi connectivity index (χ1v) is 5.08. The smallest absolute Gasteiger partial charge is 0.328 e. The maximum Gasteiger partial charge on any atom is 0.328 e. The Balaban J connectivity index is 1.96. The zero-order chi connectivity index (χ0) is 10.7. The van der Waals surface area contributed by atoms with Crippen molar-refractivity contribution in [1.82, 2.24) is 0 Å². The maximum atomic E-state index is 10.3. The monoisotopic (exact) mass is 210 g/mol. The van der Waals surface area contributed by atoms with Crippen LogP contribution in [0.1, 0.15) is 19.3 Å². The summed E-state index contributed by atoms with van der Waals surface area (Å²) in [6.45, 7) is 1.32. The Morgan fingerprint density at radius 3 is 2.73 bits per heavy atom. The van der Waals surface area contributed by atoms with E-state index in [9.17, 15) is 4.79 Å². The van der Waals surface area contributed by atoms with E-state index in [4.69, 9.17) is 14.6 Å². The summed E-state index contributed by atoms with van der Waals surface area (Å²) in [6.07, 6.45) is 7.14. The number of hydrogen-bond donors (Lipinski definition) is 1. The van der Waals surface area contributed by atoms with Crippen LogP contribution in [0.25, 0.3) is 0 Å². The molecule has 2 rings (SSSR count). The van der Waals surface area contributed by atoms with E-state index >= 15 is 0 Å². The Morgan fingerprint density at radius 2 is 2.20 bits per heavy atom. The molecule has 1 fully saturated rings. The summed E-state index contributed by atoms with van der Waals surface area (Å²) < 4.78 is 11.1. The molecule has 1 spiro atoms. The fraction of sp³-hybridized carbons (Fsp3) is 0.545. The van der Waals surface area contributed by atoms with E-state index in [1.807, 2.05) is 6.08 Å². The van der Waals surface area contributed by atoms with Crippen molar-refractivity contribution >= 4 is 5.97 Å². The predicted molar refractivity (Wildman–Crippen MR) is 53.3 cm³/mol. The van der Waals surface area contributed by atoms with Gasteiger partial charge in [0.2, 0.25) is 0 Å². The molecule has 0 aromatic heterocycles. The quantitative estimate of drug-likeness (QED) is 0.701. The normalized spacial score (nSPS) is 24.7. The van der Waals surface area contributed by atoms with Crippen molar-refractivity contribution in [1.29, 1.82) is 0 Å². The standard InChI is InChI=1S/C11H14O4/c12-10(13)2-1-9-3-5-11(6-4-9)14-7-8-15-11/h1-3H,4-8H2,(H,12,13)/b2-1+. The molecular formula is C11H14O4. The molecule has 15 heavy (non-hydrogen) atoms. The van der Waals surface area contributed by atoms with Gasteiger partial charge in [0.05, 0.1) is 13.2 Å². The molecule has 1 heterocycles. The molecule has 0 aromatic carbocycles. The van der Waals surface area contributed by atoms with Crippen LogP contribution in [0.5, 0.6) is 0 Å². The molecule has 0 bridgehead atoms. The Labute approximate surface area is 88.2 Å². The molecular weight excluding hydrogens is 196 g/mol. The average molecular weight is 210 g/mol. The highest BCUT2D eigenvalue weighted by Crippen LogP contribution is 2.35. The molecule has 0 atom stereocenters. The van der Waals surface area contributed by atoms with Crippen LogP contribution in [0.4, 0.5) is 0 Å². The molecule has 2 aliphatic rings. The summed E-state index contributed by atoms with van der Waals surface area (Å²) in [5.74, 6) is -1.33. The molecule has 1 aliphatic heterocycles. The van der Waals surface area contributed by atoms with Crippen LogP contribution in [0, 0.1) is 0 Å². The lowest BCUT2D eigenvalue weighted by Crippen LogP contribution is -2.31. The van der Waals surface area contributed by atoms with Crippen LogP contribution in [0.2, 0.25) is 0 Å². The minimum Gasteiger partial charge on any atom is -0.478 e. The van der Waals surface area contributed by atoms with Crippen molar-refractivity contribution in [3.05, 3.63) is 23.8 Å². The molecule has 0 radical (unpaired) electrons. The topological polar surface area (TPSA) is 55.8 Å². The summed E-state index contributed by atoms with van der Waals surface area (Å²) in [6, 6.07) is 0. The van der Waals surface area contributed by atoms with E-state index < -0.39 is 11.8 Å². The van der Waals surface area contributed by atoms with Crippen molar-refractivity contribution in [3.63, 3.8) is 0 Å². The number of rotatable bonds is 2. The van der Waals surface area contributed by atoms with Gasteiger partial charge in [0.25, 0.3) is 0 Å². The molecule has 4 heteroatoms. The van der Waals surface area contributed by atoms with Crippen molar-refractivity contribution in [2.45, 2.75) is 25.0 Å². The van der Waals surface area contributed by atoms with Gasteiger partial charge in [-0.2, -0.15) is 0 Å². The summed E-state index contributed by atoms with van der Waals surface area (Å²) in [4.78, 5) is 10.3. The Morgan fingerprint density at radius 1 is 1.47 bits per heavy atom. The number of aliphatic carboxylic acids is 1. The highest BCUT2D eigenvalue weighted by Gasteiger charge is 2.37. The summed E-state index contributed by atoms with van der Waals surface area (Å²) in [5.41, 5.74) is 1.04. The third kappa shape index (κ3) is 2.46. The predicted octanol–water partition coefficient (Wildman–Crippen LogP) is 1.48. The second-order valence-corrected chi connectivity index (χ2v) is 3.76. The van der Waals surface area contributed by atoms with E-state index in [2.05, 4.69) is 0 Å². The second-order valence-electron chi connectivity index (χ2n) is 3.76. The summed E-state index contributed by atoms with van der Waals surface area (Å²) in [7, 11) is 0. The first-order chi connectivity index (χ1) is 7.20. The van der Waals surface area contributed by atoms with E-state index in [1.165, 1.54) is 6.08 Å². The number of allylic oxidation sites excluding steroid dienone is 2. The van der Waals surface area contributed by atoms with Crippen molar-refractivity contribution in [3.8, 4) is 0 Å². The second kappa shape index (κ2) is 4.16. The highest BCUT2D eigenvalue weighted by atomic mass is 16.7. The van der Waals surface area contributed by atoms with E-state index in [0.717, 1.165) is 18.4 Å². The Hall–Kier alpha value is -1.13. The molecule has 1 saturated heterocycles. The SMILES string of the molecule is O=C(O)/C=C/C1=CCC2(CC1)OCCO2. The van der Waals surface area contributed by atoms with Crippen molar-refractivity contribution < 1.29 is 19.4 Å². The average Bonchev–Trinajstić information content (AvgIpc) is 2.66. The first kappa shape index (κ1) is 10.4. The van der Waals surface area contributed by atoms with Gasteiger partial charge < -0.3 is 14.6 Å². The largest absolute Gasteiger partial charge is 0.478 e.